The lowest BCUT2D eigenvalue weighted by atomic mass is 9.52. The number of nitrogens with zero attached hydrogens (tertiary/aromatic N) is 3. The number of aryl methyl sites for hydroxylation is 1. The highest BCUT2D eigenvalue weighted by molar-refractivity contribution is 7.07. The van der Waals surface area contributed by atoms with Gasteiger partial charge in [0.1, 0.15) is 5.69 Å². The Morgan fingerprint density at radius 3 is 3.04 bits per heavy atom. The fourth-order valence-electron chi connectivity index (χ4n) is 4.83. The van der Waals surface area contributed by atoms with Gasteiger partial charge in [-0.05, 0) is 38.3 Å². The zero-order valence-electron chi connectivity index (χ0n) is 15.0. The highest BCUT2D eigenvalue weighted by atomic mass is 32.1. The molecule has 4 rings (SSSR count). The number of hydrogen-bond acceptors (Lipinski definition) is 5. The van der Waals surface area contributed by atoms with Crippen molar-refractivity contribution in [2.45, 2.75) is 52.2 Å². The third-order valence-electron chi connectivity index (χ3n) is 5.85. The zero-order chi connectivity index (χ0) is 17.6. The standard InChI is InChI=1S/C18H25N5OS/c1-11-7-14(22-21-11)17(24)20-15-13-5-4-6-23(16(13)18(15,2)3)8-12-9-25-10-19-12/h7,9-10,13,15-16H,4-6,8H2,1-3H3,(H,20,24)(H,21,22). The summed E-state index contributed by atoms with van der Waals surface area (Å²) in [5, 5.41) is 12.3. The molecule has 2 aliphatic rings. The maximum atomic E-state index is 12.5. The minimum absolute atomic E-state index is 0.0438. The molecule has 7 heteroatoms. The molecule has 0 aromatic carbocycles. The Kier molecular flexibility index (Phi) is 4.16. The topological polar surface area (TPSA) is 73.9 Å². The predicted molar refractivity (Wildman–Crippen MR) is 97.4 cm³/mol. The molecular formula is C18H25N5OS. The summed E-state index contributed by atoms with van der Waals surface area (Å²) in [6.07, 6.45) is 2.35. The number of aromatic amines is 1. The second-order valence-electron chi connectivity index (χ2n) is 7.91. The van der Waals surface area contributed by atoms with Crippen LogP contribution in [0.5, 0.6) is 0 Å². The van der Waals surface area contributed by atoms with Gasteiger partial charge in [0.2, 0.25) is 0 Å². The van der Waals surface area contributed by atoms with E-state index in [2.05, 4.69) is 44.6 Å². The lowest BCUT2D eigenvalue weighted by molar-refractivity contribution is -0.121. The Morgan fingerprint density at radius 1 is 1.52 bits per heavy atom. The van der Waals surface area contributed by atoms with E-state index in [4.69, 9.17) is 0 Å². The van der Waals surface area contributed by atoms with Crippen molar-refractivity contribution in [1.29, 1.82) is 0 Å². The SMILES string of the molecule is Cc1cc(C(=O)NC2C3CCCN(Cc4cscn4)C3C2(C)C)n[nH]1. The number of piperidine rings is 1. The van der Waals surface area contributed by atoms with E-state index in [1.807, 2.05) is 12.4 Å². The number of carbonyl (C=O) groups is 1. The summed E-state index contributed by atoms with van der Waals surface area (Å²) in [6.45, 7) is 8.47. The number of fused-ring (bicyclic) bond motifs is 1. The molecule has 0 spiro atoms. The normalized spacial score (nSPS) is 28.2. The molecule has 0 bridgehead atoms. The summed E-state index contributed by atoms with van der Waals surface area (Å²) in [6, 6.07) is 2.49. The van der Waals surface area contributed by atoms with E-state index in [1.54, 1.807) is 17.4 Å². The molecule has 1 aliphatic heterocycles. The molecule has 0 radical (unpaired) electrons. The molecule has 2 aromatic heterocycles. The van der Waals surface area contributed by atoms with Gasteiger partial charge in [-0.3, -0.25) is 14.8 Å². The van der Waals surface area contributed by atoms with E-state index < -0.39 is 0 Å². The fourth-order valence-corrected chi connectivity index (χ4v) is 5.38. The van der Waals surface area contributed by atoms with Crippen molar-refractivity contribution in [2.75, 3.05) is 6.54 Å². The highest BCUT2D eigenvalue weighted by Gasteiger charge is 2.59. The number of H-pyrrole nitrogens is 1. The second-order valence-corrected chi connectivity index (χ2v) is 8.63. The molecule has 3 atom stereocenters. The van der Waals surface area contributed by atoms with Crippen molar-refractivity contribution in [2.24, 2.45) is 11.3 Å². The lowest BCUT2D eigenvalue weighted by Gasteiger charge is -2.64. The molecule has 3 unspecified atom stereocenters. The first-order valence-corrected chi connectivity index (χ1v) is 9.85. The van der Waals surface area contributed by atoms with Crippen molar-refractivity contribution in [1.82, 2.24) is 25.4 Å². The molecule has 6 nitrogen and oxygen atoms in total. The predicted octanol–water partition coefficient (Wildman–Crippen LogP) is 2.59. The Bertz CT molecular complexity index is 753. The van der Waals surface area contributed by atoms with Crippen LogP contribution in [0.15, 0.2) is 17.0 Å². The van der Waals surface area contributed by atoms with E-state index in [0.717, 1.165) is 24.5 Å². The van der Waals surface area contributed by atoms with Gasteiger partial charge < -0.3 is 5.32 Å². The molecule has 1 saturated heterocycles. The summed E-state index contributed by atoms with van der Waals surface area (Å²) < 4.78 is 0. The van der Waals surface area contributed by atoms with Gasteiger partial charge in [-0.15, -0.1) is 11.3 Å². The van der Waals surface area contributed by atoms with Gasteiger partial charge in [-0.2, -0.15) is 5.10 Å². The Hall–Kier alpha value is -1.73. The molecule has 1 amide bonds. The first-order valence-electron chi connectivity index (χ1n) is 8.91. The molecule has 2 N–H and O–H groups in total. The Morgan fingerprint density at radius 2 is 2.36 bits per heavy atom. The van der Waals surface area contributed by atoms with Crippen LogP contribution in [0.1, 0.15) is 48.6 Å². The first-order chi connectivity index (χ1) is 12.0. The number of nitrogens with one attached hydrogen (secondary N) is 2. The maximum Gasteiger partial charge on any atom is 0.272 e. The minimum atomic E-state index is -0.0718. The molecule has 25 heavy (non-hydrogen) atoms. The quantitative estimate of drug-likeness (QED) is 0.880. The van der Waals surface area contributed by atoms with E-state index in [9.17, 15) is 4.79 Å². The van der Waals surface area contributed by atoms with Crippen LogP contribution in [0.25, 0.3) is 0 Å². The Labute approximate surface area is 152 Å². The third kappa shape index (κ3) is 2.89. The molecule has 2 aromatic rings. The van der Waals surface area contributed by atoms with E-state index in [0.29, 0.717) is 17.7 Å². The number of amides is 1. The number of aromatic nitrogens is 3. The van der Waals surface area contributed by atoms with Crippen LogP contribution >= 0.6 is 11.3 Å². The summed E-state index contributed by atoms with van der Waals surface area (Å²) >= 11 is 1.65. The van der Waals surface area contributed by atoms with Crippen molar-refractivity contribution in [3.05, 3.63) is 34.0 Å². The van der Waals surface area contributed by atoms with Gasteiger partial charge in [0, 0.05) is 35.1 Å². The maximum absolute atomic E-state index is 12.5. The molecule has 134 valence electrons. The number of likely N-dealkylation sites (tertiary alicyclic amines) is 1. The first kappa shape index (κ1) is 16.7. The van der Waals surface area contributed by atoms with E-state index in [1.165, 1.54) is 12.8 Å². The van der Waals surface area contributed by atoms with Crippen LogP contribution in [-0.4, -0.2) is 44.6 Å². The number of carbonyl (C=O) groups excluding carboxylic acids is 1. The summed E-state index contributed by atoms with van der Waals surface area (Å²) in [5.74, 6) is 0.434. The van der Waals surface area contributed by atoms with Gasteiger partial charge in [-0.1, -0.05) is 13.8 Å². The second kappa shape index (κ2) is 6.21. The lowest BCUT2D eigenvalue weighted by Crippen LogP contribution is -2.74. The van der Waals surface area contributed by atoms with Crippen LogP contribution in [0, 0.1) is 18.3 Å². The van der Waals surface area contributed by atoms with Gasteiger partial charge in [-0.25, -0.2) is 4.98 Å². The smallest absolute Gasteiger partial charge is 0.272 e. The van der Waals surface area contributed by atoms with Gasteiger partial charge in [0.25, 0.3) is 5.91 Å². The van der Waals surface area contributed by atoms with Crippen LogP contribution in [0.2, 0.25) is 0 Å². The molecular weight excluding hydrogens is 334 g/mol. The van der Waals surface area contributed by atoms with Crippen molar-refractivity contribution < 1.29 is 4.79 Å². The number of hydrogen-bond donors (Lipinski definition) is 2. The van der Waals surface area contributed by atoms with Crippen LogP contribution in [0.3, 0.4) is 0 Å². The van der Waals surface area contributed by atoms with Crippen LogP contribution in [0.4, 0.5) is 0 Å². The number of thiazole rings is 1. The molecule has 1 saturated carbocycles. The van der Waals surface area contributed by atoms with Crippen LogP contribution < -0.4 is 5.32 Å². The largest absolute Gasteiger partial charge is 0.347 e. The fraction of sp³-hybridized carbons (Fsp3) is 0.611. The van der Waals surface area contributed by atoms with Crippen molar-refractivity contribution in [3.63, 3.8) is 0 Å². The molecule has 3 heterocycles. The van der Waals surface area contributed by atoms with E-state index in [-0.39, 0.29) is 17.4 Å². The van der Waals surface area contributed by atoms with Crippen molar-refractivity contribution in [3.8, 4) is 0 Å². The van der Waals surface area contributed by atoms with Crippen LogP contribution in [-0.2, 0) is 6.54 Å². The summed E-state index contributed by atoms with van der Waals surface area (Å²) in [4.78, 5) is 19.6. The van der Waals surface area contributed by atoms with Gasteiger partial charge in [0.15, 0.2) is 0 Å². The zero-order valence-corrected chi connectivity index (χ0v) is 15.8. The van der Waals surface area contributed by atoms with Gasteiger partial charge >= 0.3 is 0 Å². The van der Waals surface area contributed by atoms with Crippen molar-refractivity contribution >= 4 is 17.2 Å². The third-order valence-corrected chi connectivity index (χ3v) is 6.48. The molecule has 2 fully saturated rings. The van der Waals surface area contributed by atoms with E-state index >= 15 is 0 Å². The Balaban J connectivity index is 1.47. The number of rotatable bonds is 4. The average molecular weight is 359 g/mol. The molecule has 1 aliphatic carbocycles. The summed E-state index contributed by atoms with van der Waals surface area (Å²) in [7, 11) is 0. The van der Waals surface area contributed by atoms with Gasteiger partial charge in [0.05, 0.1) is 11.2 Å². The highest BCUT2D eigenvalue weighted by Crippen LogP contribution is 2.52. The minimum Gasteiger partial charge on any atom is -0.347 e. The monoisotopic (exact) mass is 359 g/mol. The summed E-state index contributed by atoms with van der Waals surface area (Å²) in [5.41, 5.74) is 4.48. The average Bonchev–Trinajstić information content (AvgIpc) is 3.23.